The summed E-state index contributed by atoms with van der Waals surface area (Å²) in [6.45, 7) is 4.11. The summed E-state index contributed by atoms with van der Waals surface area (Å²) in [5.41, 5.74) is 1.65. The number of benzene rings is 2. The number of carbonyl (C=O) groups is 2. The molecule has 8 heteroatoms. The molecule has 156 valence electrons. The molecule has 0 aliphatic rings. The summed E-state index contributed by atoms with van der Waals surface area (Å²) >= 11 is -2.78. The predicted octanol–water partition coefficient (Wildman–Crippen LogP) is 3.39. The lowest BCUT2D eigenvalue weighted by molar-refractivity contribution is -0.136. The molecule has 2 atom stereocenters. The van der Waals surface area contributed by atoms with Crippen LogP contribution >= 0.6 is 0 Å². The summed E-state index contributed by atoms with van der Waals surface area (Å²) in [6, 6.07) is 13.5. The SMILES string of the molecule is CC(C)CC(NC(=O)c1cc(OS(=O)[O-])ccc1CCC(=O)O)c1ccccc1. The van der Waals surface area contributed by atoms with Gasteiger partial charge in [-0.15, -0.1) is 0 Å². The molecular weight excluding hydrogens is 394 g/mol. The molecule has 0 radical (unpaired) electrons. The average Bonchev–Trinajstić information content (AvgIpc) is 2.66. The van der Waals surface area contributed by atoms with E-state index in [4.69, 9.17) is 5.11 Å². The highest BCUT2D eigenvalue weighted by Crippen LogP contribution is 2.24. The molecule has 1 amide bonds. The van der Waals surface area contributed by atoms with Crippen LogP contribution < -0.4 is 9.50 Å². The number of rotatable bonds is 10. The Balaban J connectivity index is 2.33. The topological polar surface area (TPSA) is 116 Å². The van der Waals surface area contributed by atoms with Gasteiger partial charge in [0.2, 0.25) is 0 Å². The number of carboxylic acids is 1. The first-order chi connectivity index (χ1) is 13.8. The van der Waals surface area contributed by atoms with E-state index in [-0.39, 0.29) is 30.2 Å². The van der Waals surface area contributed by atoms with Crippen molar-refractivity contribution in [2.75, 3.05) is 0 Å². The van der Waals surface area contributed by atoms with E-state index in [1.165, 1.54) is 18.2 Å². The second kappa shape index (κ2) is 10.7. The Bertz CT molecular complexity index is 869. The van der Waals surface area contributed by atoms with Crippen molar-refractivity contribution in [1.82, 2.24) is 5.32 Å². The van der Waals surface area contributed by atoms with Gasteiger partial charge in [0.25, 0.3) is 5.91 Å². The first-order valence-corrected chi connectivity index (χ1v) is 10.2. The van der Waals surface area contributed by atoms with E-state index in [0.717, 1.165) is 5.56 Å². The highest BCUT2D eigenvalue weighted by atomic mass is 32.2. The highest BCUT2D eigenvalue weighted by molar-refractivity contribution is 7.74. The van der Waals surface area contributed by atoms with Crippen LogP contribution in [0.5, 0.6) is 5.75 Å². The van der Waals surface area contributed by atoms with Gasteiger partial charge >= 0.3 is 5.97 Å². The van der Waals surface area contributed by atoms with Crippen LogP contribution in [0.25, 0.3) is 0 Å². The number of hydrogen-bond acceptors (Lipinski definition) is 5. The minimum absolute atomic E-state index is 0.0114. The minimum Gasteiger partial charge on any atom is -0.740 e. The zero-order valence-corrected chi connectivity index (χ0v) is 17.1. The van der Waals surface area contributed by atoms with Gasteiger partial charge in [-0.05, 0) is 42.0 Å². The normalized spacial score (nSPS) is 13.0. The smallest absolute Gasteiger partial charge is 0.303 e. The molecule has 2 N–H and O–H groups in total. The number of aryl methyl sites for hydroxylation is 1. The maximum Gasteiger partial charge on any atom is 0.303 e. The predicted molar refractivity (Wildman–Crippen MR) is 108 cm³/mol. The monoisotopic (exact) mass is 418 g/mol. The van der Waals surface area contributed by atoms with Crippen LogP contribution in [0.2, 0.25) is 0 Å². The Morgan fingerprint density at radius 1 is 1.17 bits per heavy atom. The summed E-state index contributed by atoms with van der Waals surface area (Å²) in [5.74, 6) is -1.09. The van der Waals surface area contributed by atoms with Crippen LogP contribution in [0.3, 0.4) is 0 Å². The largest absolute Gasteiger partial charge is 0.740 e. The zero-order chi connectivity index (χ0) is 21.4. The second-order valence-corrected chi connectivity index (χ2v) is 7.64. The lowest BCUT2D eigenvalue weighted by Gasteiger charge is -2.22. The molecule has 2 aromatic carbocycles. The fraction of sp³-hybridized carbons (Fsp3) is 0.333. The van der Waals surface area contributed by atoms with E-state index in [1.54, 1.807) is 0 Å². The van der Waals surface area contributed by atoms with Gasteiger partial charge in [-0.3, -0.25) is 9.59 Å². The van der Waals surface area contributed by atoms with E-state index in [9.17, 15) is 18.4 Å². The Morgan fingerprint density at radius 2 is 1.86 bits per heavy atom. The maximum atomic E-state index is 13.0. The molecule has 29 heavy (non-hydrogen) atoms. The van der Waals surface area contributed by atoms with E-state index < -0.39 is 23.2 Å². The lowest BCUT2D eigenvalue weighted by atomic mass is 9.95. The van der Waals surface area contributed by atoms with Gasteiger partial charge < -0.3 is 19.2 Å². The Kier molecular flexibility index (Phi) is 8.35. The van der Waals surface area contributed by atoms with Crippen molar-refractivity contribution in [2.24, 2.45) is 5.92 Å². The molecule has 2 rings (SSSR count). The summed E-state index contributed by atoms with van der Waals surface area (Å²) in [5, 5.41) is 12.0. The molecule has 2 aromatic rings. The molecule has 7 nitrogen and oxygen atoms in total. The van der Waals surface area contributed by atoms with Gasteiger partial charge in [0.05, 0.1) is 6.04 Å². The molecule has 0 aliphatic carbocycles. The van der Waals surface area contributed by atoms with Crippen molar-refractivity contribution in [3.63, 3.8) is 0 Å². The molecule has 2 unspecified atom stereocenters. The van der Waals surface area contributed by atoms with Crippen LogP contribution in [0.15, 0.2) is 48.5 Å². The van der Waals surface area contributed by atoms with Crippen molar-refractivity contribution in [1.29, 1.82) is 0 Å². The third-order valence-electron chi connectivity index (χ3n) is 4.31. The van der Waals surface area contributed by atoms with Crippen LogP contribution in [-0.2, 0) is 22.6 Å². The summed E-state index contributed by atoms with van der Waals surface area (Å²) < 4.78 is 26.3. The summed E-state index contributed by atoms with van der Waals surface area (Å²) in [7, 11) is 0. The van der Waals surface area contributed by atoms with Gasteiger partial charge in [-0.1, -0.05) is 50.2 Å². The van der Waals surface area contributed by atoms with Gasteiger partial charge in [0.1, 0.15) is 17.1 Å². The Morgan fingerprint density at radius 3 is 2.45 bits per heavy atom. The zero-order valence-electron chi connectivity index (χ0n) is 16.3. The van der Waals surface area contributed by atoms with E-state index in [0.29, 0.717) is 17.9 Å². The molecule has 0 saturated carbocycles. The average molecular weight is 418 g/mol. The molecule has 0 aliphatic heterocycles. The Hall–Kier alpha value is -2.71. The van der Waals surface area contributed by atoms with Crippen molar-refractivity contribution in [3.8, 4) is 5.75 Å². The van der Waals surface area contributed by atoms with Crippen LogP contribution in [-0.4, -0.2) is 25.7 Å². The number of carboxylic acid groups (broad SMARTS) is 1. The number of nitrogens with one attached hydrogen (secondary N) is 1. The van der Waals surface area contributed by atoms with Gasteiger partial charge in [-0.2, -0.15) is 0 Å². The highest BCUT2D eigenvalue weighted by Gasteiger charge is 2.20. The van der Waals surface area contributed by atoms with E-state index >= 15 is 0 Å². The number of carbonyl (C=O) groups excluding carboxylic acids is 1. The van der Waals surface area contributed by atoms with Crippen LogP contribution in [0.1, 0.15) is 54.2 Å². The number of aliphatic carboxylic acids is 1. The van der Waals surface area contributed by atoms with Gasteiger partial charge in [-0.25, -0.2) is 4.21 Å². The molecule has 0 fully saturated rings. The molecular formula is C21H24NO6S-. The summed E-state index contributed by atoms with van der Waals surface area (Å²) in [6.07, 6.45) is 0.697. The van der Waals surface area contributed by atoms with Crippen molar-refractivity contribution >= 4 is 23.2 Å². The van der Waals surface area contributed by atoms with Gasteiger partial charge in [0, 0.05) is 12.0 Å². The third-order valence-corrected chi connectivity index (χ3v) is 4.64. The maximum absolute atomic E-state index is 13.0. The van der Waals surface area contributed by atoms with E-state index in [2.05, 4.69) is 23.3 Å². The fourth-order valence-corrected chi connectivity index (χ4v) is 3.29. The van der Waals surface area contributed by atoms with Crippen LogP contribution in [0, 0.1) is 5.92 Å². The molecule has 0 spiro atoms. The Labute approximate surface area is 172 Å². The molecule has 0 bridgehead atoms. The van der Waals surface area contributed by atoms with Crippen molar-refractivity contribution in [2.45, 2.75) is 39.2 Å². The third kappa shape index (κ3) is 7.32. The number of amides is 1. The molecule has 0 heterocycles. The molecule has 0 saturated heterocycles. The summed E-state index contributed by atoms with van der Waals surface area (Å²) in [4.78, 5) is 24.0. The van der Waals surface area contributed by atoms with Crippen molar-refractivity contribution in [3.05, 3.63) is 65.2 Å². The fourth-order valence-electron chi connectivity index (χ4n) is 3.03. The first kappa shape index (κ1) is 22.6. The first-order valence-electron chi connectivity index (χ1n) is 9.24. The molecule has 0 aromatic heterocycles. The minimum atomic E-state index is -2.78. The quantitative estimate of drug-likeness (QED) is 0.571. The number of hydrogen-bond donors (Lipinski definition) is 2. The van der Waals surface area contributed by atoms with Crippen LogP contribution in [0.4, 0.5) is 0 Å². The van der Waals surface area contributed by atoms with Crippen molar-refractivity contribution < 1.29 is 27.6 Å². The van der Waals surface area contributed by atoms with Gasteiger partial charge in [0.15, 0.2) is 0 Å². The van der Waals surface area contributed by atoms with E-state index in [1.807, 2.05) is 30.3 Å². The lowest BCUT2D eigenvalue weighted by Crippen LogP contribution is -2.30. The second-order valence-electron chi connectivity index (χ2n) is 7.07. The standard InChI is InChI=1S/C21H25NO6S/c1-14(2)12-19(16-6-4-3-5-7-16)22-21(25)18-13-17(28-29(26)27)10-8-15(18)9-11-20(23)24/h3-8,10,13-14,19H,9,11-12H2,1-2H3,(H,22,25)(H,23,24)(H,26,27)/p-1.